The van der Waals surface area contributed by atoms with Crippen LogP contribution in [0.25, 0.3) is 0 Å². The fourth-order valence-electron chi connectivity index (χ4n) is 1.65. The molecule has 0 amide bonds. The second kappa shape index (κ2) is 7.32. The Morgan fingerprint density at radius 3 is 2.41 bits per heavy atom. The average molecular weight is 317 g/mol. The molecule has 0 radical (unpaired) electrons. The molecule has 0 saturated carbocycles. The van der Waals surface area contributed by atoms with Gasteiger partial charge in [-0.2, -0.15) is 0 Å². The standard InChI is InChI=1S/C14H21BrOS/c1-4-14(5-2,10-15)11-16-12-8-6-7-9-13(12)17-3/h6-9H,4-5,10-11H2,1-3H3. The van der Waals surface area contributed by atoms with E-state index < -0.39 is 0 Å². The van der Waals surface area contributed by atoms with Gasteiger partial charge in [-0.1, -0.05) is 41.9 Å². The Labute approximate surface area is 117 Å². The van der Waals surface area contributed by atoms with Crippen molar-refractivity contribution in [3.05, 3.63) is 24.3 Å². The summed E-state index contributed by atoms with van der Waals surface area (Å²) in [5, 5.41) is 0.994. The third-order valence-electron chi connectivity index (χ3n) is 3.39. The van der Waals surface area contributed by atoms with E-state index in [-0.39, 0.29) is 5.41 Å². The molecule has 0 bridgehead atoms. The molecule has 96 valence electrons. The van der Waals surface area contributed by atoms with Crippen LogP contribution in [-0.2, 0) is 0 Å². The van der Waals surface area contributed by atoms with Crippen molar-refractivity contribution in [3.63, 3.8) is 0 Å². The first kappa shape index (κ1) is 14.9. The summed E-state index contributed by atoms with van der Waals surface area (Å²) in [6, 6.07) is 8.24. The van der Waals surface area contributed by atoms with E-state index in [0.29, 0.717) is 0 Å². The molecule has 0 fully saturated rings. The fraction of sp³-hybridized carbons (Fsp3) is 0.571. The van der Waals surface area contributed by atoms with Crippen molar-refractivity contribution in [1.29, 1.82) is 0 Å². The maximum absolute atomic E-state index is 6.02. The number of para-hydroxylation sites is 1. The molecule has 0 N–H and O–H groups in total. The molecule has 0 heterocycles. The van der Waals surface area contributed by atoms with E-state index >= 15 is 0 Å². The highest BCUT2D eigenvalue weighted by atomic mass is 79.9. The Hall–Kier alpha value is -0.150. The number of ether oxygens (including phenoxy) is 1. The van der Waals surface area contributed by atoms with Crippen LogP contribution in [0.2, 0.25) is 0 Å². The van der Waals surface area contributed by atoms with Crippen LogP contribution in [-0.4, -0.2) is 18.2 Å². The first-order valence-corrected chi connectivity index (χ1v) is 8.37. The Balaban J connectivity index is 2.71. The van der Waals surface area contributed by atoms with Crippen LogP contribution in [0.3, 0.4) is 0 Å². The lowest BCUT2D eigenvalue weighted by molar-refractivity contribution is 0.155. The van der Waals surface area contributed by atoms with Crippen LogP contribution in [0.5, 0.6) is 5.75 Å². The minimum Gasteiger partial charge on any atom is -0.492 e. The van der Waals surface area contributed by atoms with E-state index in [4.69, 9.17) is 4.74 Å². The lowest BCUT2D eigenvalue weighted by Gasteiger charge is -2.29. The van der Waals surface area contributed by atoms with Gasteiger partial charge in [-0.15, -0.1) is 11.8 Å². The van der Waals surface area contributed by atoms with Crippen LogP contribution in [0.15, 0.2) is 29.2 Å². The van der Waals surface area contributed by atoms with Crippen LogP contribution in [0, 0.1) is 5.41 Å². The Morgan fingerprint density at radius 1 is 1.24 bits per heavy atom. The van der Waals surface area contributed by atoms with Gasteiger partial charge in [0.25, 0.3) is 0 Å². The number of benzene rings is 1. The third kappa shape index (κ3) is 3.92. The highest BCUT2D eigenvalue weighted by molar-refractivity contribution is 9.09. The van der Waals surface area contributed by atoms with Crippen molar-refractivity contribution >= 4 is 27.7 Å². The molecule has 0 spiro atoms. The number of hydrogen-bond acceptors (Lipinski definition) is 2. The van der Waals surface area contributed by atoms with Gasteiger partial charge < -0.3 is 4.74 Å². The normalized spacial score (nSPS) is 11.5. The molecular formula is C14H21BrOS. The summed E-state index contributed by atoms with van der Waals surface area (Å²) in [6.07, 6.45) is 4.35. The van der Waals surface area contributed by atoms with Gasteiger partial charge in [0.15, 0.2) is 0 Å². The van der Waals surface area contributed by atoms with E-state index in [1.165, 1.54) is 4.90 Å². The summed E-state index contributed by atoms with van der Waals surface area (Å²) < 4.78 is 6.02. The Bertz CT molecular complexity index is 328. The molecule has 1 rings (SSSR count). The number of rotatable bonds is 7. The van der Waals surface area contributed by atoms with E-state index in [1.807, 2.05) is 6.07 Å². The molecule has 0 saturated heterocycles. The number of hydrogen-bond donors (Lipinski definition) is 0. The Kier molecular flexibility index (Phi) is 6.42. The summed E-state index contributed by atoms with van der Waals surface area (Å²) in [4.78, 5) is 1.21. The van der Waals surface area contributed by atoms with Gasteiger partial charge in [0.2, 0.25) is 0 Å². The molecule has 0 unspecified atom stereocenters. The van der Waals surface area contributed by atoms with Crippen molar-refractivity contribution in [2.75, 3.05) is 18.2 Å². The number of halogens is 1. The van der Waals surface area contributed by atoms with Gasteiger partial charge in [0.05, 0.1) is 6.61 Å². The minimum atomic E-state index is 0.255. The molecule has 0 aliphatic carbocycles. The molecule has 0 atom stereocenters. The highest BCUT2D eigenvalue weighted by Gasteiger charge is 2.26. The van der Waals surface area contributed by atoms with E-state index in [1.54, 1.807) is 11.8 Å². The van der Waals surface area contributed by atoms with Gasteiger partial charge in [0.1, 0.15) is 5.75 Å². The van der Waals surface area contributed by atoms with Crippen molar-refractivity contribution < 1.29 is 4.74 Å². The van der Waals surface area contributed by atoms with E-state index in [9.17, 15) is 0 Å². The smallest absolute Gasteiger partial charge is 0.132 e. The summed E-state index contributed by atoms with van der Waals surface area (Å²) in [6.45, 7) is 5.24. The summed E-state index contributed by atoms with van der Waals surface area (Å²) in [7, 11) is 0. The first-order valence-electron chi connectivity index (χ1n) is 6.03. The van der Waals surface area contributed by atoms with Crippen molar-refractivity contribution in [2.24, 2.45) is 5.41 Å². The largest absolute Gasteiger partial charge is 0.492 e. The molecule has 1 aromatic rings. The molecular weight excluding hydrogens is 296 g/mol. The second-order valence-electron chi connectivity index (χ2n) is 4.28. The Morgan fingerprint density at radius 2 is 1.88 bits per heavy atom. The molecule has 0 aliphatic rings. The topological polar surface area (TPSA) is 9.23 Å². The van der Waals surface area contributed by atoms with E-state index in [2.05, 4.69) is 54.2 Å². The van der Waals surface area contributed by atoms with Gasteiger partial charge in [-0.25, -0.2) is 0 Å². The minimum absolute atomic E-state index is 0.255. The van der Waals surface area contributed by atoms with Crippen molar-refractivity contribution in [3.8, 4) is 5.75 Å². The molecule has 17 heavy (non-hydrogen) atoms. The van der Waals surface area contributed by atoms with Crippen molar-refractivity contribution in [2.45, 2.75) is 31.6 Å². The lowest BCUT2D eigenvalue weighted by atomic mass is 9.86. The van der Waals surface area contributed by atoms with Gasteiger partial charge in [0, 0.05) is 15.6 Å². The van der Waals surface area contributed by atoms with E-state index in [0.717, 1.165) is 30.5 Å². The third-order valence-corrected chi connectivity index (χ3v) is 5.35. The summed E-state index contributed by atoms with van der Waals surface area (Å²) in [5.74, 6) is 1.01. The SMILES string of the molecule is CCC(CC)(CBr)COc1ccccc1SC. The fourth-order valence-corrected chi connectivity index (χ4v) is 3.15. The zero-order valence-corrected chi connectivity index (χ0v) is 13.2. The van der Waals surface area contributed by atoms with Gasteiger partial charge >= 0.3 is 0 Å². The molecule has 3 heteroatoms. The zero-order chi connectivity index (χ0) is 12.7. The first-order chi connectivity index (χ1) is 8.21. The van der Waals surface area contributed by atoms with Crippen LogP contribution >= 0.6 is 27.7 Å². The van der Waals surface area contributed by atoms with Crippen molar-refractivity contribution in [1.82, 2.24) is 0 Å². The van der Waals surface area contributed by atoms with Crippen LogP contribution < -0.4 is 4.74 Å². The summed E-state index contributed by atoms with van der Waals surface area (Å²) >= 11 is 5.35. The second-order valence-corrected chi connectivity index (χ2v) is 5.69. The summed E-state index contributed by atoms with van der Waals surface area (Å²) in [5.41, 5.74) is 0.255. The monoisotopic (exact) mass is 316 g/mol. The lowest BCUT2D eigenvalue weighted by Crippen LogP contribution is -2.29. The maximum Gasteiger partial charge on any atom is 0.132 e. The highest BCUT2D eigenvalue weighted by Crippen LogP contribution is 2.32. The molecule has 0 aromatic heterocycles. The zero-order valence-electron chi connectivity index (χ0n) is 10.8. The molecule has 1 aromatic carbocycles. The average Bonchev–Trinajstić information content (AvgIpc) is 2.41. The predicted octanol–water partition coefficient (Wildman–Crippen LogP) is 4.99. The quantitative estimate of drug-likeness (QED) is 0.517. The molecule has 0 aliphatic heterocycles. The number of alkyl halides is 1. The molecule has 1 nitrogen and oxygen atoms in total. The van der Waals surface area contributed by atoms with Gasteiger partial charge in [-0.3, -0.25) is 0 Å². The number of thioether (sulfide) groups is 1. The van der Waals surface area contributed by atoms with Gasteiger partial charge in [-0.05, 0) is 31.2 Å². The van der Waals surface area contributed by atoms with Crippen LogP contribution in [0.4, 0.5) is 0 Å². The predicted molar refractivity (Wildman–Crippen MR) is 80.5 cm³/mol. The van der Waals surface area contributed by atoms with Crippen LogP contribution in [0.1, 0.15) is 26.7 Å². The maximum atomic E-state index is 6.02.